The molecule has 1 amide bonds. The average molecular weight is 776 g/mol. The molecule has 10 nitrogen and oxygen atoms in total. The molecular formula is C44H54BN5O5S. The number of hydrogen-bond donors (Lipinski definition) is 1. The summed E-state index contributed by atoms with van der Waals surface area (Å²) in [5, 5.41) is 3.04. The van der Waals surface area contributed by atoms with Gasteiger partial charge in [0.25, 0.3) is 5.91 Å². The number of ether oxygens (including phenoxy) is 1. The molecule has 3 aliphatic carbocycles. The van der Waals surface area contributed by atoms with E-state index in [0.717, 1.165) is 29.1 Å². The van der Waals surface area contributed by atoms with Crippen molar-refractivity contribution in [3.05, 3.63) is 125 Å². The molecule has 3 aromatic heterocycles. The predicted molar refractivity (Wildman–Crippen MR) is 220 cm³/mol. The zero-order valence-corrected chi connectivity index (χ0v) is 34.3. The summed E-state index contributed by atoms with van der Waals surface area (Å²) in [6, 6.07) is 23.2. The minimum atomic E-state index is -0.582. The standard InChI is InChI=1S/C44H54BN5O5S/c1-42(2,3)53-41(52)31-13-11-12-30(22-31)23-39(45-54-38-25-33-24-37(43(33,4)5)44(38,6)55-45)56-21-20-48-40(51)32-16-17-36(49-26-32)29-50(27-34-14-7-9-18-46-34)28-35-15-8-10-19-47-35/h7-19,22,26,33,37-39H,20-21,23-25,27-29H2,1-6H3,(H,48,51). The van der Waals surface area contributed by atoms with Gasteiger partial charge in [-0.2, -0.15) is 11.8 Å². The highest BCUT2D eigenvalue weighted by Crippen LogP contribution is 2.66. The van der Waals surface area contributed by atoms with Crippen LogP contribution in [0, 0.1) is 17.3 Å². The summed E-state index contributed by atoms with van der Waals surface area (Å²) in [4.78, 5) is 42.1. The maximum Gasteiger partial charge on any atom is 0.471 e. The molecule has 294 valence electrons. The summed E-state index contributed by atoms with van der Waals surface area (Å²) < 4.78 is 19.3. The Labute approximate surface area is 336 Å². The molecule has 3 saturated carbocycles. The van der Waals surface area contributed by atoms with Crippen LogP contribution in [0.25, 0.3) is 0 Å². The van der Waals surface area contributed by atoms with Crippen LogP contribution in [0.3, 0.4) is 0 Å². The second-order valence-corrected chi connectivity index (χ2v) is 18.6. The van der Waals surface area contributed by atoms with E-state index in [1.54, 1.807) is 36.4 Å². The number of rotatable bonds is 15. The molecule has 5 atom stereocenters. The van der Waals surface area contributed by atoms with Gasteiger partial charge in [0.15, 0.2) is 0 Å². The van der Waals surface area contributed by atoms with E-state index >= 15 is 0 Å². The number of thioether (sulfide) groups is 1. The summed E-state index contributed by atoms with van der Waals surface area (Å²) in [7, 11) is -0.405. The van der Waals surface area contributed by atoms with Crippen molar-refractivity contribution in [2.45, 2.75) is 103 Å². The fourth-order valence-corrected chi connectivity index (χ4v) is 9.76. The predicted octanol–water partition coefficient (Wildman–Crippen LogP) is 7.37. The first-order valence-electron chi connectivity index (χ1n) is 19.8. The Kier molecular flexibility index (Phi) is 12.0. The van der Waals surface area contributed by atoms with Crippen molar-refractivity contribution < 1.29 is 23.6 Å². The lowest BCUT2D eigenvalue weighted by atomic mass is 9.43. The number of carbonyl (C=O) groups excluding carboxylic acids is 2. The third-order valence-corrected chi connectivity index (χ3v) is 12.9. The molecule has 0 spiro atoms. The van der Waals surface area contributed by atoms with Crippen LogP contribution in [0.2, 0.25) is 0 Å². The van der Waals surface area contributed by atoms with E-state index in [9.17, 15) is 9.59 Å². The molecule has 4 fully saturated rings. The Morgan fingerprint density at radius 1 is 0.911 bits per heavy atom. The van der Waals surface area contributed by atoms with Crippen LogP contribution in [-0.2, 0) is 40.1 Å². The van der Waals surface area contributed by atoms with Crippen LogP contribution >= 0.6 is 11.8 Å². The molecule has 0 radical (unpaired) electrons. The highest BCUT2D eigenvalue weighted by molar-refractivity contribution is 8.01. The van der Waals surface area contributed by atoms with Crippen molar-refractivity contribution in [2.75, 3.05) is 12.3 Å². The molecule has 1 aliphatic heterocycles. The van der Waals surface area contributed by atoms with Crippen molar-refractivity contribution in [3.8, 4) is 0 Å². The molecule has 56 heavy (non-hydrogen) atoms. The second kappa shape index (κ2) is 16.8. The smallest absolute Gasteiger partial charge is 0.456 e. The zero-order chi connectivity index (χ0) is 39.5. The molecule has 8 rings (SSSR count). The van der Waals surface area contributed by atoms with Gasteiger partial charge in [-0.3, -0.25) is 24.6 Å². The molecular weight excluding hydrogens is 721 g/mol. The molecule has 1 saturated heterocycles. The van der Waals surface area contributed by atoms with Gasteiger partial charge >= 0.3 is 13.1 Å². The fraction of sp³-hybridized carbons (Fsp3) is 0.477. The number of aromatic nitrogens is 3. The molecule has 1 N–H and O–H groups in total. The number of amides is 1. The zero-order valence-electron chi connectivity index (χ0n) is 33.4. The number of esters is 1. The van der Waals surface area contributed by atoms with Gasteiger partial charge < -0.3 is 19.4 Å². The average Bonchev–Trinajstić information content (AvgIpc) is 3.54. The first-order valence-corrected chi connectivity index (χ1v) is 20.8. The Balaban J connectivity index is 0.975. The van der Waals surface area contributed by atoms with Gasteiger partial charge in [-0.15, -0.1) is 0 Å². The topological polar surface area (TPSA) is 116 Å². The number of nitrogens with zero attached hydrogens (tertiary/aromatic N) is 4. The summed E-state index contributed by atoms with van der Waals surface area (Å²) in [5.41, 5.74) is 4.16. The van der Waals surface area contributed by atoms with Crippen LogP contribution in [-0.4, -0.2) is 73.6 Å². The van der Waals surface area contributed by atoms with E-state index in [2.05, 4.69) is 45.9 Å². The first kappa shape index (κ1) is 40.1. The number of benzene rings is 1. The van der Waals surface area contributed by atoms with Gasteiger partial charge in [-0.05, 0) is 118 Å². The lowest BCUT2D eigenvalue weighted by Gasteiger charge is -2.64. The number of hydrogen-bond acceptors (Lipinski definition) is 10. The summed E-state index contributed by atoms with van der Waals surface area (Å²) in [6.45, 7) is 14.9. The molecule has 4 heterocycles. The number of nitrogens with one attached hydrogen (secondary N) is 1. The fourth-order valence-electron chi connectivity index (χ4n) is 8.65. The number of carbonyl (C=O) groups is 2. The summed E-state index contributed by atoms with van der Waals surface area (Å²) in [6.07, 6.45) is 8.15. The van der Waals surface area contributed by atoms with Gasteiger partial charge in [0, 0.05) is 55.7 Å². The van der Waals surface area contributed by atoms with Crippen LogP contribution in [0.15, 0.2) is 91.4 Å². The van der Waals surface area contributed by atoms with Gasteiger partial charge in [-0.25, -0.2) is 4.79 Å². The molecule has 4 aliphatic rings. The lowest BCUT2D eigenvalue weighted by molar-refractivity contribution is -0.199. The third kappa shape index (κ3) is 9.36. The Morgan fingerprint density at radius 3 is 2.21 bits per heavy atom. The van der Waals surface area contributed by atoms with Crippen LogP contribution in [0.1, 0.15) is 97.7 Å². The quantitative estimate of drug-likeness (QED) is 0.0746. The Bertz CT molecular complexity index is 1920. The van der Waals surface area contributed by atoms with E-state index in [-0.39, 0.29) is 34.1 Å². The monoisotopic (exact) mass is 775 g/mol. The Morgan fingerprint density at radius 2 is 1.61 bits per heavy atom. The second-order valence-electron chi connectivity index (χ2n) is 17.2. The van der Waals surface area contributed by atoms with E-state index in [1.807, 2.05) is 87.5 Å². The summed E-state index contributed by atoms with van der Waals surface area (Å²) in [5.74, 6) is 1.26. The van der Waals surface area contributed by atoms with Gasteiger partial charge in [-0.1, -0.05) is 38.1 Å². The normalized spacial score (nSPS) is 22.9. The van der Waals surface area contributed by atoms with Gasteiger partial charge in [0.05, 0.1) is 39.9 Å². The van der Waals surface area contributed by atoms with Gasteiger partial charge in [0.2, 0.25) is 0 Å². The highest BCUT2D eigenvalue weighted by Gasteiger charge is 2.68. The highest BCUT2D eigenvalue weighted by atomic mass is 32.2. The van der Waals surface area contributed by atoms with E-state index < -0.39 is 12.7 Å². The van der Waals surface area contributed by atoms with Crippen LogP contribution in [0.5, 0.6) is 0 Å². The number of pyridine rings is 3. The summed E-state index contributed by atoms with van der Waals surface area (Å²) >= 11 is 1.73. The molecule has 2 bridgehead atoms. The lowest BCUT2D eigenvalue weighted by Crippen LogP contribution is -2.65. The Hall–Kier alpha value is -4.10. The third-order valence-electron chi connectivity index (χ3n) is 11.7. The molecule has 5 unspecified atom stereocenters. The van der Waals surface area contributed by atoms with Crippen molar-refractivity contribution in [1.82, 2.24) is 25.2 Å². The van der Waals surface area contributed by atoms with Gasteiger partial charge in [0.1, 0.15) is 5.60 Å². The maximum absolute atomic E-state index is 13.3. The van der Waals surface area contributed by atoms with Crippen molar-refractivity contribution in [1.29, 1.82) is 0 Å². The van der Waals surface area contributed by atoms with E-state index in [4.69, 9.17) is 14.0 Å². The van der Waals surface area contributed by atoms with E-state index in [1.165, 1.54) is 6.42 Å². The molecule has 12 heteroatoms. The van der Waals surface area contributed by atoms with Crippen molar-refractivity contribution in [3.63, 3.8) is 0 Å². The minimum Gasteiger partial charge on any atom is -0.456 e. The van der Waals surface area contributed by atoms with Crippen LogP contribution < -0.4 is 5.32 Å². The largest absolute Gasteiger partial charge is 0.471 e. The van der Waals surface area contributed by atoms with E-state index in [0.29, 0.717) is 61.3 Å². The first-order chi connectivity index (χ1) is 26.8. The molecule has 4 aromatic rings. The SMILES string of the molecule is CC(C)(C)OC(=O)c1cccc(CC(SCCNC(=O)c2ccc(CN(Cc3ccccn3)Cc3ccccn3)nc2)B2OC3CC4CC(C4(C)C)C3(C)O2)c1. The van der Waals surface area contributed by atoms with Crippen molar-refractivity contribution in [2.24, 2.45) is 17.3 Å². The minimum absolute atomic E-state index is 0.0513. The molecule has 1 aromatic carbocycles. The van der Waals surface area contributed by atoms with Crippen LogP contribution in [0.4, 0.5) is 0 Å². The van der Waals surface area contributed by atoms with Crippen molar-refractivity contribution >= 4 is 30.8 Å². The maximum atomic E-state index is 13.3.